The molecule has 114 valence electrons. The lowest BCUT2D eigenvalue weighted by Gasteiger charge is -2.13. The minimum Gasteiger partial charge on any atom is -0.496 e. The summed E-state index contributed by atoms with van der Waals surface area (Å²) in [6, 6.07) is 14.8. The van der Waals surface area contributed by atoms with E-state index in [0.29, 0.717) is 28.3 Å². The van der Waals surface area contributed by atoms with Gasteiger partial charge in [0.15, 0.2) is 5.78 Å². The number of carbonyl (C=O) groups excluding carboxylic acids is 1. The van der Waals surface area contributed by atoms with Crippen molar-refractivity contribution in [2.24, 2.45) is 0 Å². The Morgan fingerprint density at radius 1 is 0.955 bits per heavy atom. The van der Waals surface area contributed by atoms with Crippen molar-refractivity contribution in [3.8, 4) is 11.5 Å². The van der Waals surface area contributed by atoms with E-state index in [9.17, 15) is 4.79 Å². The second kappa shape index (κ2) is 7.71. The van der Waals surface area contributed by atoms with Crippen molar-refractivity contribution in [2.45, 2.75) is 12.8 Å². The molecule has 3 nitrogen and oxygen atoms in total. The lowest BCUT2D eigenvalue weighted by atomic mass is 10.0. The van der Waals surface area contributed by atoms with Gasteiger partial charge >= 0.3 is 0 Å². The predicted octanol–water partition coefficient (Wildman–Crippen LogP) is 3.89. The molecule has 0 atom stereocenters. The van der Waals surface area contributed by atoms with Crippen LogP contribution in [0.4, 0.5) is 0 Å². The van der Waals surface area contributed by atoms with Gasteiger partial charge in [-0.2, -0.15) is 0 Å². The van der Waals surface area contributed by atoms with Crippen molar-refractivity contribution in [3.63, 3.8) is 0 Å². The molecule has 0 bridgehead atoms. The van der Waals surface area contributed by atoms with Crippen LogP contribution in [-0.4, -0.2) is 24.9 Å². The first-order chi connectivity index (χ1) is 10.7. The smallest absolute Gasteiger partial charge is 0.167 e. The van der Waals surface area contributed by atoms with Crippen LogP contribution in [0.2, 0.25) is 0 Å². The maximum atomic E-state index is 12.2. The van der Waals surface area contributed by atoms with Crippen LogP contribution in [-0.2, 0) is 6.42 Å². The first kappa shape index (κ1) is 16.2. The number of carbonyl (C=O) groups is 1. The Bertz CT molecular complexity index is 643. The third-order valence-electron chi connectivity index (χ3n) is 3.36. The average molecular weight is 314 g/mol. The molecular weight excluding hydrogens is 296 g/mol. The Hall–Kier alpha value is -2.20. The van der Waals surface area contributed by atoms with Gasteiger partial charge in [-0.25, -0.2) is 0 Å². The molecule has 0 unspecified atom stereocenters. The van der Waals surface area contributed by atoms with Gasteiger partial charge in [-0.05, 0) is 12.1 Å². The number of hydrogen-bond donors (Lipinski definition) is 0. The second-order valence-electron chi connectivity index (χ2n) is 4.82. The first-order valence-corrected chi connectivity index (χ1v) is 7.36. The second-order valence-corrected chi connectivity index (χ2v) is 5.40. The maximum Gasteiger partial charge on any atom is 0.167 e. The van der Waals surface area contributed by atoms with Crippen LogP contribution in [0.3, 0.4) is 0 Å². The van der Waals surface area contributed by atoms with E-state index in [2.05, 4.69) is 0 Å². The molecule has 0 spiro atoms. The number of Topliss-reactive ketones (excluding diaryl/α,β-unsaturated/α-hetero) is 1. The molecule has 22 heavy (non-hydrogen) atoms. The molecule has 0 aromatic heterocycles. The Labute approximate surface area is 135 Å². The molecule has 0 saturated carbocycles. The fraction of sp³-hybridized carbons (Fsp3) is 0.222. The van der Waals surface area contributed by atoms with Crippen LogP contribution in [0.25, 0.3) is 0 Å². The van der Waals surface area contributed by atoms with Gasteiger partial charge in [-0.3, -0.25) is 4.79 Å². The monoisotopic (exact) mass is 314 g/mol. The largest absolute Gasteiger partial charge is 0.496 e. The minimum absolute atomic E-state index is 0.0273. The number of ether oxygens (including phenoxy) is 2. The van der Waals surface area contributed by atoms with Crippen LogP contribution in [0.5, 0.6) is 11.5 Å². The summed E-state index contributed by atoms with van der Waals surface area (Å²) in [7, 11) is 3.22. The van der Waals surface area contributed by atoms with Crippen molar-refractivity contribution in [1.29, 1.82) is 0 Å². The molecule has 2 rings (SSSR count). The van der Waals surface area contributed by atoms with Crippen molar-refractivity contribution in [3.05, 3.63) is 59.7 Å². The summed E-state index contributed by atoms with van der Waals surface area (Å²) in [6.07, 6.45) is 0.710. The molecular formula is C18H18O3S. The van der Waals surface area contributed by atoms with Crippen molar-refractivity contribution >= 4 is 22.9 Å². The van der Waals surface area contributed by atoms with Crippen LogP contribution in [0, 0.1) is 0 Å². The summed E-state index contributed by atoms with van der Waals surface area (Å²) >= 11 is 5.40. The molecule has 0 fully saturated rings. The first-order valence-electron chi connectivity index (χ1n) is 6.95. The molecule has 0 N–H and O–H groups in total. The number of thiocarbonyl (C=S) groups is 1. The third kappa shape index (κ3) is 3.92. The summed E-state index contributed by atoms with van der Waals surface area (Å²) in [5, 5.41) is 0. The Morgan fingerprint density at radius 3 is 2.09 bits per heavy atom. The molecule has 0 aliphatic carbocycles. The molecule has 0 heterocycles. The topological polar surface area (TPSA) is 35.5 Å². The molecule has 0 aliphatic rings. The predicted molar refractivity (Wildman–Crippen MR) is 91.2 cm³/mol. The Morgan fingerprint density at radius 2 is 1.55 bits per heavy atom. The van der Waals surface area contributed by atoms with Crippen LogP contribution < -0.4 is 9.47 Å². The zero-order valence-corrected chi connectivity index (χ0v) is 13.5. The summed E-state index contributed by atoms with van der Waals surface area (Å²) in [5.41, 5.74) is 1.55. The number of hydrogen-bond acceptors (Lipinski definition) is 4. The molecule has 0 radical (unpaired) electrons. The summed E-state index contributed by atoms with van der Waals surface area (Å²) in [5.74, 6) is 1.46. The highest BCUT2D eigenvalue weighted by molar-refractivity contribution is 7.80. The number of methoxy groups -OCH3 is 2. The van der Waals surface area contributed by atoms with E-state index in [0.717, 1.165) is 5.56 Å². The van der Waals surface area contributed by atoms with E-state index < -0.39 is 0 Å². The molecule has 4 heteroatoms. The fourth-order valence-corrected chi connectivity index (χ4v) is 2.54. The number of benzene rings is 2. The minimum atomic E-state index is 0.0273. The van der Waals surface area contributed by atoms with Gasteiger partial charge < -0.3 is 9.47 Å². The van der Waals surface area contributed by atoms with Gasteiger partial charge in [0.1, 0.15) is 11.5 Å². The van der Waals surface area contributed by atoms with Crippen LogP contribution in [0.15, 0.2) is 48.5 Å². The van der Waals surface area contributed by atoms with E-state index in [1.807, 2.05) is 36.4 Å². The lowest BCUT2D eigenvalue weighted by Crippen LogP contribution is -2.10. The maximum absolute atomic E-state index is 12.2. The highest BCUT2D eigenvalue weighted by Gasteiger charge is 2.15. The summed E-state index contributed by atoms with van der Waals surface area (Å²) in [4.78, 5) is 12.9. The van der Waals surface area contributed by atoms with E-state index in [-0.39, 0.29) is 12.2 Å². The number of rotatable bonds is 7. The van der Waals surface area contributed by atoms with Gasteiger partial charge in [0.25, 0.3) is 0 Å². The zero-order chi connectivity index (χ0) is 15.9. The number of ketones is 1. The van der Waals surface area contributed by atoms with Gasteiger partial charge in [-0.15, -0.1) is 0 Å². The standard InChI is InChI=1S/C18H18O3S/c1-20-17-9-6-10-18(21-2)15(17)11-14(22)12-16(19)13-7-4-3-5-8-13/h3-10H,11-12H2,1-2H3. The summed E-state index contributed by atoms with van der Waals surface area (Å²) in [6.45, 7) is 0. The highest BCUT2D eigenvalue weighted by Crippen LogP contribution is 2.29. The zero-order valence-electron chi connectivity index (χ0n) is 12.7. The molecule has 2 aromatic rings. The summed E-state index contributed by atoms with van der Waals surface area (Å²) < 4.78 is 10.7. The van der Waals surface area contributed by atoms with Gasteiger partial charge in [0.2, 0.25) is 0 Å². The van der Waals surface area contributed by atoms with Crippen molar-refractivity contribution in [2.75, 3.05) is 14.2 Å². The fourth-order valence-electron chi connectivity index (χ4n) is 2.27. The molecule has 2 aromatic carbocycles. The normalized spacial score (nSPS) is 10.1. The average Bonchev–Trinajstić information content (AvgIpc) is 2.55. The lowest BCUT2D eigenvalue weighted by molar-refractivity contribution is 0.100. The molecule has 0 amide bonds. The van der Waals surface area contributed by atoms with E-state index >= 15 is 0 Å². The van der Waals surface area contributed by atoms with Crippen LogP contribution >= 0.6 is 12.2 Å². The molecule has 0 aliphatic heterocycles. The van der Waals surface area contributed by atoms with Crippen molar-refractivity contribution < 1.29 is 14.3 Å². The van der Waals surface area contributed by atoms with E-state index in [4.69, 9.17) is 21.7 Å². The Balaban J connectivity index is 2.11. The third-order valence-corrected chi connectivity index (χ3v) is 3.65. The van der Waals surface area contributed by atoms with Crippen molar-refractivity contribution in [1.82, 2.24) is 0 Å². The molecule has 0 saturated heterocycles. The quantitative estimate of drug-likeness (QED) is 0.574. The van der Waals surface area contributed by atoms with Gasteiger partial charge in [-0.1, -0.05) is 48.6 Å². The van der Waals surface area contributed by atoms with Gasteiger partial charge in [0, 0.05) is 28.8 Å². The van der Waals surface area contributed by atoms with E-state index in [1.54, 1.807) is 26.4 Å². The Kier molecular flexibility index (Phi) is 5.67. The van der Waals surface area contributed by atoms with Crippen LogP contribution in [0.1, 0.15) is 22.3 Å². The van der Waals surface area contributed by atoms with Gasteiger partial charge in [0.05, 0.1) is 14.2 Å². The van der Waals surface area contributed by atoms with E-state index in [1.165, 1.54) is 0 Å². The highest BCUT2D eigenvalue weighted by atomic mass is 32.1. The SMILES string of the molecule is COc1cccc(OC)c1CC(=S)CC(=O)c1ccccc1.